The Labute approximate surface area is 108 Å². The van der Waals surface area contributed by atoms with Crippen LogP contribution in [0.3, 0.4) is 0 Å². The van der Waals surface area contributed by atoms with E-state index in [1.807, 2.05) is 11.6 Å². The molecule has 2 unspecified atom stereocenters. The molecule has 0 spiro atoms. The lowest BCUT2D eigenvalue weighted by Gasteiger charge is -2.32. The Balaban J connectivity index is 2.22. The van der Waals surface area contributed by atoms with E-state index in [4.69, 9.17) is 11.8 Å². The van der Waals surface area contributed by atoms with Gasteiger partial charge in [0, 0.05) is 12.6 Å². The van der Waals surface area contributed by atoms with Gasteiger partial charge in [0.25, 0.3) is 0 Å². The molecule has 1 fully saturated rings. The van der Waals surface area contributed by atoms with Gasteiger partial charge in [-0.05, 0) is 30.9 Å². The zero-order valence-corrected chi connectivity index (χ0v) is 12.1. The Hall–Kier alpha value is 0.0500. The summed E-state index contributed by atoms with van der Waals surface area (Å²) in [6, 6.07) is 9.33. The molecule has 0 aliphatic carbocycles. The lowest BCUT2D eigenvalue weighted by molar-refractivity contribution is 0.281. The summed E-state index contributed by atoms with van der Waals surface area (Å²) >= 11 is 6.96. The molecule has 1 aromatic carbocycles. The first-order chi connectivity index (χ1) is 7.83. The molecule has 0 amide bonds. The largest absolute Gasteiger partial charge is 0.247 e. The molecule has 0 aromatic heterocycles. The maximum absolute atomic E-state index is 5.12. The monoisotopic (exact) mass is 270 g/mol. The maximum Gasteiger partial charge on any atom is 0.247 e. The molecule has 1 aliphatic rings. The lowest BCUT2D eigenvalue weighted by Crippen LogP contribution is -2.27. The molecule has 0 radical (unpaired) electrons. The van der Waals surface area contributed by atoms with Gasteiger partial charge in [-0.2, -0.15) is 0 Å². The van der Waals surface area contributed by atoms with Crippen molar-refractivity contribution in [3.8, 4) is 0 Å². The third kappa shape index (κ3) is 2.84. The van der Waals surface area contributed by atoms with Gasteiger partial charge in [0.1, 0.15) is 0 Å². The third-order valence-corrected chi connectivity index (χ3v) is 5.50. The average molecular weight is 270 g/mol. The smallest absolute Gasteiger partial charge is 0.202 e. The van der Waals surface area contributed by atoms with E-state index < -0.39 is 0 Å². The highest BCUT2D eigenvalue weighted by Gasteiger charge is 2.27. The van der Waals surface area contributed by atoms with Crippen LogP contribution >= 0.6 is 18.1 Å². The van der Waals surface area contributed by atoms with Crippen LogP contribution in [0.4, 0.5) is 0 Å². The first-order valence-corrected chi connectivity index (χ1v) is 9.32. The third-order valence-electron chi connectivity index (χ3n) is 3.16. The van der Waals surface area contributed by atoms with E-state index >= 15 is 0 Å². The summed E-state index contributed by atoms with van der Waals surface area (Å²) in [7, 11) is 0. The van der Waals surface area contributed by atoms with E-state index in [2.05, 4.69) is 35.5 Å². The molecular weight excluding hydrogens is 253 g/mol. The van der Waals surface area contributed by atoms with Crippen molar-refractivity contribution in [1.29, 1.82) is 0 Å². The average Bonchev–Trinajstić information content (AvgIpc) is 2.31. The van der Waals surface area contributed by atoms with E-state index in [1.165, 1.54) is 36.9 Å². The van der Waals surface area contributed by atoms with Gasteiger partial charge in [0.2, 0.25) is 6.56 Å². The summed E-state index contributed by atoms with van der Waals surface area (Å²) in [5.74, 6) is 0. The Morgan fingerprint density at radius 1 is 1.38 bits per heavy atom. The van der Waals surface area contributed by atoms with Gasteiger partial charge in [-0.25, -0.2) is 4.31 Å². The highest BCUT2D eigenvalue weighted by molar-refractivity contribution is 8.56. The quantitative estimate of drug-likeness (QED) is 0.598. The second kappa shape index (κ2) is 6.11. The number of rotatable bonds is 3. The molecule has 4 heteroatoms. The standard InChI is InChI=1S/C12H16NPS2/c1-10-6-2-3-7-11(10)12-8-4-5-9-13(12)16-14-15/h2-3,6-7,12H,4-5,8-9H2,1H3/p+1. The fraction of sp³-hybridized carbons (Fsp3) is 0.500. The molecular formula is C12H17NPS2+. The van der Waals surface area contributed by atoms with Crippen LogP contribution in [-0.2, 0) is 11.8 Å². The van der Waals surface area contributed by atoms with Gasteiger partial charge >= 0.3 is 0 Å². The Morgan fingerprint density at radius 3 is 2.94 bits per heavy atom. The molecule has 1 nitrogen and oxygen atoms in total. The van der Waals surface area contributed by atoms with Crippen molar-refractivity contribution in [2.24, 2.45) is 0 Å². The van der Waals surface area contributed by atoms with Crippen LogP contribution in [0.5, 0.6) is 0 Å². The van der Waals surface area contributed by atoms with Crippen molar-refractivity contribution in [1.82, 2.24) is 4.31 Å². The predicted molar refractivity (Wildman–Crippen MR) is 77.7 cm³/mol. The zero-order valence-electron chi connectivity index (χ0n) is 9.48. The second-order valence-corrected chi connectivity index (χ2v) is 7.55. The van der Waals surface area contributed by atoms with Crippen LogP contribution in [-0.4, -0.2) is 10.8 Å². The Kier molecular flexibility index (Phi) is 4.78. The summed E-state index contributed by atoms with van der Waals surface area (Å²) in [5, 5.41) is 0. The zero-order chi connectivity index (χ0) is 11.4. The number of piperidine rings is 1. The van der Waals surface area contributed by atoms with Crippen LogP contribution in [0.15, 0.2) is 24.3 Å². The van der Waals surface area contributed by atoms with Crippen LogP contribution < -0.4 is 0 Å². The van der Waals surface area contributed by atoms with Gasteiger partial charge in [0.15, 0.2) is 23.4 Å². The summed E-state index contributed by atoms with van der Waals surface area (Å²) in [4.78, 5) is 0. The summed E-state index contributed by atoms with van der Waals surface area (Å²) in [6.07, 6.45) is 3.93. The minimum Gasteiger partial charge on any atom is -0.202 e. The molecule has 1 aromatic rings. The summed E-state index contributed by atoms with van der Waals surface area (Å²) in [5.41, 5.74) is 2.90. The van der Waals surface area contributed by atoms with E-state index in [-0.39, 0.29) is 0 Å². The van der Waals surface area contributed by atoms with E-state index in [0.29, 0.717) is 12.6 Å². The van der Waals surface area contributed by atoms with Crippen molar-refractivity contribution in [3.05, 3.63) is 35.4 Å². The highest BCUT2D eigenvalue weighted by atomic mass is 32.9. The van der Waals surface area contributed by atoms with Crippen LogP contribution in [0.25, 0.3) is 0 Å². The van der Waals surface area contributed by atoms with Crippen LogP contribution in [0.1, 0.15) is 36.4 Å². The molecule has 2 atom stereocenters. The summed E-state index contributed by atoms with van der Waals surface area (Å²) in [6.45, 7) is 3.94. The molecule has 86 valence electrons. The molecule has 16 heavy (non-hydrogen) atoms. The number of aryl methyl sites for hydroxylation is 1. The topological polar surface area (TPSA) is 3.24 Å². The molecule has 0 saturated carbocycles. The van der Waals surface area contributed by atoms with Gasteiger partial charge in [-0.3, -0.25) is 0 Å². The fourth-order valence-electron chi connectivity index (χ4n) is 2.33. The minimum atomic E-state index is 0.542. The number of benzene rings is 1. The number of nitrogens with zero attached hydrogens (tertiary/aromatic N) is 1. The molecule has 1 heterocycles. The molecule has 1 aliphatic heterocycles. The first kappa shape index (κ1) is 12.5. The van der Waals surface area contributed by atoms with Gasteiger partial charge < -0.3 is 0 Å². The predicted octanol–water partition coefficient (Wildman–Crippen LogP) is 4.23. The normalized spacial score (nSPS) is 22.4. The molecule has 0 N–H and O–H groups in total. The minimum absolute atomic E-state index is 0.542. The number of hydrogen-bond donors (Lipinski definition) is 0. The molecule has 0 bridgehead atoms. The van der Waals surface area contributed by atoms with Crippen molar-refractivity contribution in [2.75, 3.05) is 6.54 Å². The van der Waals surface area contributed by atoms with E-state index in [1.54, 1.807) is 0 Å². The van der Waals surface area contributed by atoms with Crippen LogP contribution in [0.2, 0.25) is 0 Å². The fourth-order valence-corrected chi connectivity index (χ4v) is 4.80. The van der Waals surface area contributed by atoms with E-state index in [9.17, 15) is 0 Å². The second-order valence-electron chi connectivity index (χ2n) is 4.18. The van der Waals surface area contributed by atoms with Gasteiger partial charge in [-0.15, -0.1) is 0 Å². The Morgan fingerprint density at radius 2 is 2.19 bits per heavy atom. The molecule has 2 rings (SSSR count). The highest BCUT2D eigenvalue weighted by Crippen LogP contribution is 2.40. The van der Waals surface area contributed by atoms with Gasteiger partial charge in [0.05, 0.1) is 0 Å². The van der Waals surface area contributed by atoms with Crippen LogP contribution in [0, 0.1) is 6.92 Å². The molecule has 1 saturated heterocycles. The van der Waals surface area contributed by atoms with E-state index in [0.717, 1.165) is 0 Å². The maximum atomic E-state index is 5.12. The van der Waals surface area contributed by atoms with Crippen molar-refractivity contribution < 1.29 is 0 Å². The van der Waals surface area contributed by atoms with Gasteiger partial charge in [-0.1, -0.05) is 30.7 Å². The Bertz CT molecular complexity index is 370. The van der Waals surface area contributed by atoms with Crippen molar-refractivity contribution in [3.63, 3.8) is 0 Å². The van der Waals surface area contributed by atoms with Crippen molar-refractivity contribution in [2.45, 2.75) is 32.2 Å². The first-order valence-electron chi connectivity index (χ1n) is 5.69. The summed E-state index contributed by atoms with van der Waals surface area (Å²) < 4.78 is 2.50. The lowest BCUT2D eigenvalue weighted by atomic mass is 9.94. The SMILES string of the molecule is Cc1ccccc1C1CCCCN1S[PH+]=S. The van der Waals surface area contributed by atoms with Crippen molar-refractivity contribution >= 4 is 29.9 Å². The number of hydrogen-bond acceptors (Lipinski definition) is 3.